The number of anilines is 2. The van der Waals surface area contributed by atoms with Gasteiger partial charge in [-0.05, 0) is 79.4 Å². The van der Waals surface area contributed by atoms with E-state index in [1.165, 1.54) is 0 Å². The predicted octanol–water partition coefficient (Wildman–Crippen LogP) is 6.94. The average molecular weight is 559 g/mol. The number of ether oxygens (including phenoxy) is 2. The maximum Gasteiger partial charge on any atom is 0.343 e. The number of benzene rings is 4. The van der Waals surface area contributed by atoms with Gasteiger partial charge in [-0.25, -0.2) is 9.59 Å². The van der Waals surface area contributed by atoms with E-state index in [1.54, 1.807) is 48.5 Å². The van der Waals surface area contributed by atoms with Crippen molar-refractivity contribution in [2.75, 3.05) is 23.8 Å². The number of esters is 1. The molecular weight excluding hydrogens is 528 g/mol. The van der Waals surface area contributed by atoms with Gasteiger partial charge in [0.05, 0.1) is 17.9 Å². The van der Waals surface area contributed by atoms with Gasteiger partial charge in [0.25, 0.3) is 0 Å². The molecule has 4 aromatic carbocycles. The van der Waals surface area contributed by atoms with E-state index in [1.807, 2.05) is 54.6 Å². The Morgan fingerprint density at radius 1 is 0.875 bits per heavy atom. The third-order valence-corrected chi connectivity index (χ3v) is 6.35. The van der Waals surface area contributed by atoms with Gasteiger partial charge in [-0.3, -0.25) is 0 Å². The van der Waals surface area contributed by atoms with Crippen LogP contribution >= 0.6 is 11.6 Å². The fourth-order valence-electron chi connectivity index (χ4n) is 4.01. The molecule has 0 aliphatic heterocycles. The van der Waals surface area contributed by atoms with Crippen LogP contribution in [-0.2, 0) is 11.2 Å². The minimum absolute atomic E-state index is 0.270. The van der Waals surface area contributed by atoms with E-state index in [0.717, 1.165) is 30.0 Å². The lowest BCUT2D eigenvalue weighted by Gasteiger charge is -2.18. The van der Waals surface area contributed by atoms with Gasteiger partial charge in [-0.15, -0.1) is 0 Å². The van der Waals surface area contributed by atoms with Crippen LogP contribution < -0.4 is 20.1 Å². The van der Waals surface area contributed by atoms with Crippen molar-refractivity contribution in [3.63, 3.8) is 0 Å². The highest BCUT2D eigenvalue weighted by Gasteiger charge is 2.20. The molecule has 0 aromatic heterocycles. The average Bonchev–Trinajstić information content (AvgIpc) is 2.97. The van der Waals surface area contributed by atoms with Crippen LogP contribution in [0.15, 0.2) is 103 Å². The molecule has 4 rings (SSSR count). The van der Waals surface area contributed by atoms with Crippen molar-refractivity contribution >= 4 is 34.9 Å². The first kappa shape index (κ1) is 28.5. The van der Waals surface area contributed by atoms with E-state index in [2.05, 4.69) is 10.6 Å². The number of halogens is 1. The highest BCUT2D eigenvalue weighted by atomic mass is 35.5. The second-order valence-electron chi connectivity index (χ2n) is 9.11. The van der Waals surface area contributed by atoms with E-state index in [4.69, 9.17) is 21.1 Å². The van der Waals surface area contributed by atoms with Crippen LogP contribution in [-0.4, -0.2) is 36.2 Å². The number of aliphatic carboxylic acids is 1. The molecule has 0 spiro atoms. The standard InChI is InChI=1S/C32H31ClN2O5/c33-25-10-6-11-26(22-25)34-20-7-21-39-27-17-14-23(15-18-27)16-19-29(31(36)37)35-28-12-4-5-13-30(28)40-32(38)24-8-2-1-3-9-24/h1-6,8-15,17-18,22,29,34-35H,7,16,19-21H2,(H,36,37). The zero-order valence-electron chi connectivity index (χ0n) is 21.9. The monoisotopic (exact) mass is 558 g/mol. The molecular formula is C32H31ClN2O5. The first-order valence-electron chi connectivity index (χ1n) is 13.0. The van der Waals surface area contributed by atoms with Gasteiger partial charge in [0.15, 0.2) is 5.75 Å². The molecule has 0 aliphatic carbocycles. The van der Waals surface area contributed by atoms with Crippen LogP contribution in [0.4, 0.5) is 11.4 Å². The second kappa shape index (κ2) is 14.6. The van der Waals surface area contributed by atoms with Crippen LogP contribution in [0.3, 0.4) is 0 Å². The summed E-state index contributed by atoms with van der Waals surface area (Å²) in [6, 6.07) is 29.8. The number of aryl methyl sites for hydroxylation is 1. The summed E-state index contributed by atoms with van der Waals surface area (Å²) < 4.78 is 11.4. The molecule has 0 amide bonds. The molecule has 0 heterocycles. The fraction of sp³-hybridized carbons (Fsp3) is 0.188. The van der Waals surface area contributed by atoms with Crippen LogP contribution in [0.2, 0.25) is 5.02 Å². The number of carbonyl (C=O) groups is 2. The number of carbonyl (C=O) groups excluding carboxylic acids is 1. The molecule has 7 nitrogen and oxygen atoms in total. The van der Waals surface area contributed by atoms with Gasteiger partial charge in [0, 0.05) is 17.3 Å². The number of carboxylic acids is 1. The third kappa shape index (κ3) is 8.78. The Bertz CT molecular complexity index is 1400. The molecule has 8 heteroatoms. The first-order chi connectivity index (χ1) is 19.5. The van der Waals surface area contributed by atoms with E-state index in [0.29, 0.717) is 35.7 Å². The molecule has 0 saturated heterocycles. The minimum atomic E-state index is -0.990. The summed E-state index contributed by atoms with van der Waals surface area (Å²) in [5.74, 6) is -0.475. The van der Waals surface area contributed by atoms with Crippen molar-refractivity contribution in [3.05, 3.63) is 119 Å². The number of para-hydroxylation sites is 2. The van der Waals surface area contributed by atoms with Crippen LogP contribution in [0, 0.1) is 0 Å². The number of nitrogens with one attached hydrogen (secondary N) is 2. The Morgan fingerprint density at radius 3 is 2.38 bits per heavy atom. The summed E-state index contributed by atoms with van der Waals surface area (Å²) in [5, 5.41) is 16.9. The third-order valence-electron chi connectivity index (χ3n) is 6.12. The Labute approximate surface area is 238 Å². The molecule has 4 aromatic rings. The summed E-state index contributed by atoms with van der Waals surface area (Å²) in [6.45, 7) is 1.32. The molecule has 40 heavy (non-hydrogen) atoms. The van der Waals surface area contributed by atoms with Crippen molar-refractivity contribution in [2.45, 2.75) is 25.3 Å². The Kier molecular flexibility index (Phi) is 10.4. The summed E-state index contributed by atoms with van der Waals surface area (Å²) >= 11 is 6.00. The summed E-state index contributed by atoms with van der Waals surface area (Å²) in [4.78, 5) is 24.5. The highest BCUT2D eigenvalue weighted by Crippen LogP contribution is 2.26. The smallest absolute Gasteiger partial charge is 0.343 e. The second-order valence-corrected chi connectivity index (χ2v) is 9.55. The zero-order valence-corrected chi connectivity index (χ0v) is 22.6. The van der Waals surface area contributed by atoms with Crippen molar-refractivity contribution < 1.29 is 24.2 Å². The number of hydrogen-bond donors (Lipinski definition) is 3. The SMILES string of the molecule is O=C(Oc1ccccc1NC(CCc1ccc(OCCCNc2cccc(Cl)c2)cc1)C(=O)O)c1ccccc1. The summed E-state index contributed by atoms with van der Waals surface area (Å²) in [5.41, 5.74) is 2.82. The van der Waals surface area contributed by atoms with Crippen molar-refractivity contribution in [1.82, 2.24) is 0 Å². The van der Waals surface area contributed by atoms with Gasteiger partial charge in [0.2, 0.25) is 0 Å². The van der Waals surface area contributed by atoms with Crippen molar-refractivity contribution in [3.8, 4) is 11.5 Å². The van der Waals surface area contributed by atoms with E-state index >= 15 is 0 Å². The lowest BCUT2D eigenvalue weighted by atomic mass is 10.0. The molecule has 0 fully saturated rings. The quantitative estimate of drug-likeness (QED) is 0.0876. The van der Waals surface area contributed by atoms with E-state index in [9.17, 15) is 14.7 Å². The normalized spacial score (nSPS) is 11.3. The molecule has 0 saturated carbocycles. The molecule has 1 atom stereocenters. The molecule has 1 unspecified atom stereocenters. The molecule has 0 bridgehead atoms. The Morgan fingerprint density at radius 2 is 1.62 bits per heavy atom. The van der Waals surface area contributed by atoms with Crippen LogP contribution in [0.25, 0.3) is 0 Å². The van der Waals surface area contributed by atoms with Gasteiger partial charge in [-0.2, -0.15) is 0 Å². The molecule has 206 valence electrons. The zero-order chi connectivity index (χ0) is 28.2. The van der Waals surface area contributed by atoms with Crippen molar-refractivity contribution in [2.24, 2.45) is 0 Å². The van der Waals surface area contributed by atoms with Crippen LogP contribution in [0.5, 0.6) is 11.5 Å². The van der Waals surface area contributed by atoms with Gasteiger partial charge in [0.1, 0.15) is 11.8 Å². The van der Waals surface area contributed by atoms with E-state index in [-0.39, 0.29) is 5.75 Å². The maximum absolute atomic E-state index is 12.5. The summed E-state index contributed by atoms with van der Waals surface area (Å²) in [7, 11) is 0. The van der Waals surface area contributed by atoms with Crippen molar-refractivity contribution in [1.29, 1.82) is 0 Å². The Balaban J connectivity index is 1.25. The number of carboxylic acid groups (broad SMARTS) is 1. The largest absolute Gasteiger partial charge is 0.494 e. The highest BCUT2D eigenvalue weighted by molar-refractivity contribution is 6.30. The molecule has 3 N–H and O–H groups in total. The Hall–Kier alpha value is -4.49. The van der Waals surface area contributed by atoms with Gasteiger partial charge >= 0.3 is 11.9 Å². The maximum atomic E-state index is 12.5. The molecule has 0 radical (unpaired) electrons. The number of hydrogen-bond acceptors (Lipinski definition) is 6. The van der Waals surface area contributed by atoms with E-state index < -0.39 is 18.0 Å². The van der Waals surface area contributed by atoms with Gasteiger partial charge < -0.3 is 25.2 Å². The van der Waals surface area contributed by atoms with Crippen LogP contribution in [0.1, 0.15) is 28.8 Å². The number of rotatable bonds is 14. The fourth-order valence-corrected chi connectivity index (χ4v) is 4.20. The first-order valence-corrected chi connectivity index (χ1v) is 13.4. The predicted molar refractivity (Wildman–Crippen MR) is 158 cm³/mol. The lowest BCUT2D eigenvalue weighted by Crippen LogP contribution is -2.30. The minimum Gasteiger partial charge on any atom is -0.494 e. The topological polar surface area (TPSA) is 96.9 Å². The lowest BCUT2D eigenvalue weighted by molar-refractivity contribution is -0.138. The molecule has 0 aliphatic rings. The van der Waals surface area contributed by atoms with Gasteiger partial charge in [-0.1, -0.05) is 60.1 Å². The summed E-state index contributed by atoms with van der Waals surface area (Å²) in [6.07, 6.45) is 1.70.